The van der Waals surface area contributed by atoms with Gasteiger partial charge >= 0.3 is 0 Å². The molecule has 0 aliphatic rings. The number of anilines is 1. The van der Waals surface area contributed by atoms with Crippen molar-refractivity contribution in [2.24, 2.45) is 0 Å². The summed E-state index contributed by atoms with van der Waals surface area (Å²) in [4.78, 5) is 0. The Morgan fingerprint density at radius 2 is 1.83 bits per heavy atom. The molecule has 124 valence electrons. The van der Waals surface area contributed by atoms with Crippen molar-refractivity contribution in [3.63, 3.8) is 0 Å². The molecular weight excluding hydrogens is 322 g/mol. The molecule has 0 unspecified atom stereocenters. The first kappa shape index (κ1) is 16.7. The van der Waals surface area contributed by atoms with Crippen molar-refractivity contribution in [1.29, 1.82) is 0 Å². The third-order valence-electron chi connectivity index (χ3n) is 2.99. The Morgan fingerprint density at radius 3 is 2.39 bits per heavy atom. The molecule has 0 spiro atoms. The zero-order chi connectivity index (χ0) is 17.0. The van der Waals surface area contributed by atoms with Gasteiger partial charge in [-0.15, -0.1) is 5.10 Å². The first-order chi connectivity index (χ1) is 11.0. The number of hydrogen-bond donors (Lipinski definition) is 1. The lowest BCUT2D eigenvalue weighted by Gasteiger charge is -2.15. The smallest absolute Gasteiger partial charge is 0.255 e. The molecule has 2 rings (SSSR count). The average molecular weight is 339 g/mol. The summed E-state index contributed by atoms with van der Waals surface area (Å²) >= 11 is 0. The van der Waals surface area contributed by atoms with Crippen molar-refractivity contribution in [2.75, 3.05) is 26.1 Å². The maximum Gasteiger partial charge on any atom is 0.255 e. The fraction of sp³-hybridized carbons (Fsp3) is 0.214. The lowest BCUT2D eigenvalue weighted by molar-refractivity contribution is 0.323. The van der Waals surface area contributed by atoms with Crippen LogP contribution in [0.25, 0.3) is 5.69 Å². The van der Waals surface area contributed by atoms with E-state index < -0.39 is 10.0 Å². The minimum Gasteiger partial charge on any atom is -0.493 e. The number of sulfonamides is 1. The molecule has 0 fully saturated rings. The SMILES string of the molecule is C=CS(=O)(=O)Nc1ccn(-c2ccc(OC)c(OC)c2OC)n1. The van der Waals surface area contributed by atoms with Crippen LogP contribution in [-0.2, 0) is 10.0 Å². The molecule has 0 bridgehead atoms. The molecule has 1 aromatic carbocycles. The largest absolute Gasteiger partial charge is 0.493 e. The van der Waals surface area contributed by atoms with E-state index in [2.05, 4.69) is 16.4 Å². The predicted molar refractivity (Wildman–Crippen MR) is 86.0 cm³/mol. The van der Waals surface area contributed by atoms with Crippen molar-refractivity contribution in [3.8, 4) is 22.9 Å². The van der Waals surface area contributed by atoms with E-state index in [1.165, 1.54) is 32.1 Å². The van der Waals surface area contributed by atoms with Crippen molar-refractivity contribution in [2.45, 2.75) is 0 Å². The van der Waals surface area contributed by atoms with Crippen LogP contribution in [0.1, 0.15) is 0 Å². The summed E-state index contributed by atoms with van der Waals surface area (Å²) in [6.45, 7) is 3.23. The lowest BCUT2D eigenvalue weighted by atomic mass is 10.2. The van der Waals surface area contributed by atoms with Crippen molar-refractivity contribution < 1.29 is 22.6 Å². The second kappa shape index (κ2) is 6.61. The summed E-state index contributed by atoms with van der Waals surface area (Å²) in [5, 5.41) is 4.96. The van der Waals surface area contributed by atoms with Crippen LogP contribution in [-0.4, -0.2) is 39.5 Å². The molecule has 9 heteroatoms. The summed E-state index contributed by atoms with van der Waals surface area (Å²) < 4.78 is 42.6. The second-order valence-electron chi connectivity index (χ2n) is 4.31. The maximum atomic E-state index is 11.5. The standard InChI is InChI=1S/C14H17N3O5S/c1-5-23(18,19)16-12-8-9-17(15-12)10-6-7-11(20-2)14(22-4)13(10)21-3/h5-9H,1H2,2-4H3,(H,15,16). The first-order valence-corrected chi connectivity index (χ1v) is 8.00. The van der Waals surface area contributed by atoms with Gasteiger partial charge in [0, 0.05) is 17.7 Å². The van der Waals surface area contributed by atoms with Gasteiger partial charge in [0.1, 0.15) is 5.69 Å². The van der Waals surface area contributed by atoms with E-state index in [1.807, 2.05) is 0 Å². The Morgan fingerprint density at radius 1 is 1.13 bits per heavy atom. The number of ether oxygens (including phenoxy) is 3. The van der Waals surface area contributed by atoms with Crippen LogP contribution in [0.4, 0.5) is 5.82 Å². The molecule has 0 radical (unpaired) electrons. The molecule has 0 saturated heterocycles. The number of nitrogens with one attached hydrogen (secondary N) is 1. The van der Waals surface area contributed by atoms with Gasteiger partial charge in [-0.25, -0.2) is 13.1 Å². The molecule has 2 aromatic rings. The van der Waals surface area contributed by atoms with Gasteiger partial charge < -0.3 is 14.2 Å². The number of hydrogen-bond acceptors (Lipinski definition) is 6. The van der Waals surface area contributed by atoms with Gasteiger partial charge in [0.2, 0.25) is 5.75 Å². The molecule has 1 N–H and O–H groups in total. The highest BCUT2D eigenvalue weighted by atomic mass is 32.2. The van der Waals surface area contributed by atoms with Gasteiger partial charge in [0.05, 0.1) is 21.3 Å². The molecule has 0 aliphatic carbocycles. The Balaban J connectivity index is 2.47. The third kappa shape index (κ3) is 3.39. The van der Waals surface area contributed by atoms with E-state index >= 15 is 0 Å². The van der Waals surface area contributed by atoms with Gasteiger partial charge in [0.15, 0.2) is 17.3 Å². The zero-order valence-electron chi connectivity index (χ0n) is 12.9. The van der Waals surface area contributed by atoms with Gasteiger partial charge in [-0.2, -0.15) is 0 Å². The first-order valence-electron chi connectivity index (χ1n) is 6.46. The highest BCUT2D eigenvalue weighted by molar-refractivity contribution is 7.95. The van der Waals surface area contributed by atoms with E-state index in [0.29, 0.717) is 22.9 Å². The molecule has 0 aliphatic heterocycles. The molecule has 0 amide bonds. The predicted octanol–water partition coefficient (Wildman–Crippen LogP) is 1.78. The maximum absolute atomic E-state index is 11.5. The van der Waals surface area contributed by atoms with Crippen LogP contribution in [0, 0.1) is 0 Å². The van der Waals surface area contributed by atoms with Crippen LogP contribution in [0.5, 0.6) is 17.2 Å². The van der Waals surface area contributed by atoms with E-state index in [9.17, 15) is 8.42 Å². The minimum absolute atomic E-state index is 0.154. The molecule has 1 aromatic heterocycles. The lowest BCUT2D eigenvalue weighted by Crippen LogP contribution is -2.09. The summed E-state index contributed by atoms with van der Waals surface area (Å²) in [5.74, 6) is 1.49. The second-order valence-corrected chi connectivity index (χ2v) is 5.94. The Bertz CT molecular complexity index is 814. The molecular formula is C14H17N3O5S. The summed E-state index contributed by atoms with van der Waals surface area (Å²) in [6.07, 6.45) is 1.59. The van der Waals surface area contributed by atoms with Crippen molar-refractivity contribution in [3.05, 3.63) is 36.4 Å². The summed E-state index contributed by atoms with van der Waals surface area (Å²) in [7, 11) is 0.891. The van der Waals surface area contributed by atoms with Gasteiger partial charge in [-0.1, -0.05) is 6.58 Å². The van der Waals surface area contributed by atoms with Gasteiger partial charge in [-0.05, 0) is 12.1 Å². The highest BCUT2D eigenvalue weighted by Gasteiger charge is 2.18. The monoisotopic (exact) mass is 339 g/mol. The highest BCUT2D eigenvalue weighted by Crippen LogP contribution is 2.41. The van der Waals surface area contributed by atoms with Crippen LogP contribution >= 0.6 is 0 Å². The van der Waals surface area contributed by atoms with Crippen LogP contribution in [0.3, 0.4) is 0 Å². The Hall–Kier alpha value is -2.68. The normalized spacial score (nSPS) is 10.9. The van der Waals surface area contributed by atoms with Crippen molar-refractivity contribution >= 4 is 15.8 Å². The number of methoxy groups -OCH3 is 3. The summed E-state index contributed by atoms with van der Waals surface area (Å²) in [5.41, 5.74) is 0.564. The van der Waals surface area contributed by atoms with Gasteiger partial charge in [-0.3, -0.25) is 4.72 Å². The number of aromatic nitrogens is 2. The van der Waals surface area contributed by atoms with E-state index in [1.54, 1.807) is 18.3 Å². The zero-order valence-corrected chi connectivity index (χ0v) is 13.8. The van der Waals surface area contributed by atoms with E-state index in [-0.39, 0.29) is 5.82 Å². The van der Waals surface area contributed by atoms with E-state index in [0.717, 1.165) is 5.41 Å². The van der Waals surface area contributed by atoms with E-state index in [4.69, 9.17) is 14.2 Å². The number of rotatable bonds is 7. The van der Waals surface area contributed by atoms with Crippen LogP contribution in [0.15, 0.2) is 36.4 Å². The molecule has 0 saturated carbocycles. The molecule has 1 heterocycles. The Labute approximate surface area is 134 Å². The van der Waals surface area contributed by atoms with Crippen LogP contribution in [0.2, 0.25) is 0 Å². The van der Waals surface area contributed by atoms with Gasteiger partial charge in [0.25, 0.3) is 10.0 Å². The molecule has 23 heavy (non-hydrogen) atoms. The number of nitrogens with zero attached hydrogens (tertiary/aromatic N) is 2. The number of benzene rings is 1. The summed E-state index contributed by atoms with van der Waals surface area (Å²) in [6, 6.07) is 4.93. The Kier molecular flexibility index (Phi) is 4.80. The third-order valence-corrected chi connectivity index (χ3v) is 3.92. The average Bonchev–Trinajstić information content (AvgIpc) is 3.00. The molecule has 8 nitrogen and oxygen atoms in total. The van der Waals surface area contributed by atoms with Crippen molar-refractivity contribution in [1.82, 2.24) is 9.78 Å². The fourth-order valence-electron chi connectivity index (χ4n) is 1.97. The minimum atomic E-state index is -3.62. The topological polar surface area (TPSA) is 91.7 Å². The van der Waals surface area contributed by atoms with Crippen LogP contribution < -0.4 is 18.9 Å². The quantitative estimate of drug-likeness (QED) is 0.827. The molecule has 0 atom stereocenters. The fourth-order valence-corrected chi connectivity index (χ4v) is 2.45.